The van der Waals surface area contributed by atoms with Crippen molar-refractivity contribution in [1.82, 2.24) is 19.9 Å². The molecule has 0 spiro atoms. The Balaban J connectivity index is 2.30. The van der Waals surface area contributed by atoms with Gasteiger partial charge in [0.05, 0.1) is 7.11 Å². The zero-order chi connectivity index (χ0) is 13.2. The van der Waals surface area contributed by atoms with Crippen LogP contribution < -0.4 is 4.74 Å². The second-order valence-electron chi connectivity index (χ2n) is 3.89. The lowest BCUT2D eigenvalue weighted by Gasteiger charge is -2.06. The van der Waals surface area contributed by atoms with Crippen LogP contribution in [0.3, 0.4) is 0 Å². The number of nitrogens with zero attached hydrogens (tertiary/aromatic N) is 3. The molecule has 5 nitrogen and oxygen atoms in total. The Labute approximate surface area is 114 Å². The predicted octanol–water partition coefficient (Wildman–Crippen LogP) is 2.76. The number of benzene rings is 1. The summed E-state index contributed by atoms with van der Waals surface area (Å²) in [5.74, 6) is 0.633. The summed E-state index contributed by atoms with van der Waals surface area (Å²) < 4.78 is 5.33. The highest BCUT2D eigenvalue weighted by Crippen LogP contribution is 2.25. The number of nitrogens with one attached hydrogen (secondary N) is 1. The molecule has 94 valence electrons. The third-order valence-electron chi connectivity index (χ3n) is 2.76. The number of ether oxygens (including phenoxy) is 1. The SMILES string of the molecule is COc1nc(=S)nc(-c2cccc3cnccc23)[nH]1. The molecule has 2 heterocycles. The van der Waals surface area contributed by atoms with Crippen molar-refractivity contribution in [2.24, 2.45) is 0 Å². The second kappa shape index (κ2) is 4.74. The van der Waals surface area contributed by atoms with Gasteiger partial charge in [0.15, 0.2) is 0 Å². The molecule has 2 aromatic heterocycles. The highest BCUT2D eigenvalue weighted by Gasteiger charge is 2.07. The molecular formula is C13H10N4OS. The minimum absolute atomic E-state index is 0.247. The molecule has 3 aromatic rings. The van der Waals surface area contributed by atoms with Crippen LogP contribution in [0.2, 0.25) is 0 Å². The van der Waals surface area contributed by atoms with E-state index in [9.17, 15) is 0 Å². The van der Waals surface area contributed by atoms with Crippen molar-refractivity contribution in [3.05, 3.63) is 41.4 Å². The van der Waals surface area contributed by atoms with Crippen LogP contribution in [0, 0.1) is 4.77 Å². The Morgan fingerprint density at radius 3 is 2.95 bits per heavy atom. The molecule has 0 aliphatic rings. The van der Waals surface area contributed by atoms with Crippen LogP contribution in [0.15, 0.2) is 36.7 Å². The molecule has 0 amide bonds. The normalized spacial score (nSPS) is 10.6. The van der Waals surface area contributed by atoms with E-state index < -0.39 is 0 Å². The number of methoxy groups -OCH3 is 1. The van der Waals surface area contributed by atoms with E-state index in [-0.39, 0.29) is 4.77 Å². The first-order valence-electron chi connectivity index (χ1n) is 5.63. The van der Waals surface area contributed by atoms with Gasteiger partial charge in [-0.25, -0.2) is 4.98 Å². The van der Waals surface area contributed by atoms with Crippen LogP contribution in [0.5, 0.6) is 6.01 Å². The Bertz CT molecular complexity index is 795. The molecule has 0 radical (unpaired) electrons. The van der Waals surface area contributed by atoms with Gasteiger partial charge in [0.1, 0.15) is 5.82 Å². The van der Waals surface area contributed by atoms with Crippen LogP contribution in [0.1, 0.15) is 0 Å². The maximum absolute atomic E-state index is 5.08. The van der Waals surface area contributed by atoms with Gasteiger partial charge in [-0.05, 0) is 23.7 Å². The predicted molar refractivity (Wildman–Crippen MR) is 74.5 cm³/mol. The third-order valence-corrected chi connectivity index (χ3v) is 2.94. The molecule has 3 rings (SSSR count). The van der Waals surface area contributed by atoms with E-state index in [0.29, 0.717) is 11.8 Å². The van der Waals surface area contributed by atoms with Gasteiger partial charge in [-0.1, -0.05) is 18.2 Å². The molecular weight excluding hydrogens is 260 g/mol. The van der Waals surface area contributed by atoms with Crippen molar-refractivity contribution in [3.8, 4) is 17.4 Å². The molecule has 0 bridgehead atoms. The molecule has 0 saturated carbocycles. The van der Waals surface area contributed by atoms with Crippen LogP contribution >= 0.6 is 12.2 Å². The highest BCUT2D eigenvalue weighted by atomic mass is 32.1. The van der Waals surface area contributed by atoms with Gasteiger partial charge in [0.2, 0.25) is 4.77 Å². The standard InChI is InChI=1S/C13H10N4OS/c1-18-12-15-11(16-13(19)17-12)10-4-2-3-8-7-14-6-5-9(8)10/h2-7H,1H3,(H,15,16,17,19). The van der Waals surface area contributed by atoms with Crippen molar-refractivity contribution >= 4 is 23.0 Å². The fraction of sp³-hybridized carbons (Fsp3) is 0.0769. The minimum Gasteiger partial charge on any atom is -0.468 e. The Morgan fingerprint density at radius 1 is 1.21 bits per heavy atom. The van der Waals surface area contributed by atoms with Crippen LogP contribution in [0.25, 0.3) is 22.2 Å². The van der Waals surface area contributed by atoms with Crippen LogP contribution in [0.4, 0.5) is 0 Å². The lowest BCUT2D eigenvalue weighted by atomic mass is 10.1. The molecule has 0 saturated heterocycles. The smallest absolute Gasteiger partial charge is 0.297 e. The lowest BCUT2D eigenvalue weighted by Crippen LogP contribution is -1.98. The number of fused-ring (bicyclic) bond motifs is 1. The van der Waals surface area contributed by atoms with Gasteiger partial charge in [-0.15, -0.1) is 0 Å². The molecule has 0 unspecified atom stereocenters. The summed E-state index contributed by atoms with van der Waals surface area (Å²) in [4.78, 5) is 15.3. The van der Waals surface area contributed by atoms with Crippen molar-refractivity contribution in [3.63, 3.8) is 0 Å². The summed E-state index contributed by atoms with van der Waals surface area (Å²) in [6, 6.07) is 8.20. The average molecular weight is 270 g/mol. The van der Waals surface area contributed by atoms with Gasteiger partial charge < -0.3 is 4.74 Å². The third kappa shape index (κ3) is 2.17. The largest absolute Gasteiger partial charge is 0.468 e. The summed E-state index contributed by atoms with van der Waals surface area (Å²) in [6.45, 7) is 0. The first-order chi connectivity index (χ1) is 9.28. The fourth-order valence-electron chi connectivity index (χ4n) is 1.92. The number of hydrogen-bond donors (Lipinski definition) is 1. The van der Waals surface area contributed by atoms with Gasteiger partial charge in [0, 0.05) is 23.3 Å². The molecule has 0 atom stereocenters. The van der Waals surface area contributed by atoms with Crippen molar-refractivity contribution in [2.75, 3.05) is 7.11 Å². The summed E-state index contributed by atoms with van der Waals surface area (Å²) in [5.41, 5.74) is 0.937. The molecule has 19 heavy (non-hydrogen) atoms. The number of rotatable bonds is 2. The van der Waals surface area contributed by atoms with Crippen LogP contribution in [-0.2, 0) is 0 Å². The van der Waals surface area contributed by atoms with E-state index >= 15 is 0 Å². The number of hydrogen-bond acceptors (Lipinski definition) is 5. The van der Waals surface area contributed by atoms with E-state index in [0.717, 1.165) is 16.3 Å². The van der Waals surface area contributed by atoms with E-state index in [4.69, 9.17) is 17.0 Å². The summed E-state index contributed by atoms with van der Waals surface area (Å²) >= 11 is 5.04. The molecule has 1 N–H and O–H groups in total. The summed E-state index contributed by atoms with van der Waals surface area (Å²) in [7, 11) is 1.53. The molecule has 0 aliphatic heterocycles. The van der Waals surface area contributed by atoms with E-state index in [1.54, 1.807) is 6.20 Å². The number of aromatic nitrogens is 4. The first-order valence-corrected chi connectivity index (χ1v) is 6.04. The molecule has 0 aliphatic carbocycles. The quantitative estimate of drug-likeness (QED) is 0.725. The van der Waals surface area contributed by atoms with E-state index in [1.165, 1.54) is 7.11 Å². The first kappa shape index (κ1) is 11.7. The van der Waals surface area contributed by atoms with Crippen LogP contribution in [-0.4, -0.2) is 27.0 Å². The van der Waals surface area contributed by atoms with Crippen molar-refractivity contribution < 1.29 is 4.74 Å². The number of H-pyrrole nitrogens is 1. The summed E-state index contributed by atoms with van der Waals surface area (Å²) in [6.07, 6.45) is 3.56. The zero-order valence-electron chi connectivity index (χ0n) is 10.1. The van der Waals surface area contributed by atoms with Gasteiger partial charge in [-0.3, -0.25) is 9.97 Å². The van der Waals surface area contributed by atoms with Gasteiger partial charge in [-0.2, -0.15) is 4.98 Å². The maximum atomic E-state index is 5.08. The number of pyridine rings is 1. The summed E-state index contributed by atoms with van der Waals surface area (Å²) in [5, 5.41) is 2.08. The Kier molecular flexibility index (Phi) is 2.92. The van der Waals surface area contributed by atoms with E-state index in [2.05, 4.69) is 19.9 Å². The fourth-order valence-corrected chi connectivity index (χ4v) is 2.09. The van der Waals surface area contributed by atoms with Gasteiger partial charge in [0.25, 0.3) is 6.01 Å². The highest BCUT2D eigenvalue weighted by molar-refractivity contribution is 7.71. The van der Waals surface area contributed by atoms with Crippen molar-refractivity contribution in [1.29, 1.82) is 0 Å². The Morgan fingerprint density at radius 2 is 2.11 bits per heavy atom. The molecule has 6 heteroatoms. The van der Waals surface area contributed by atoms with Crippen molar-refractivity contribution in [2.45, 2.75) is 0 Å². The zero-order valence-corrected chi connectivity index (χ0v) is 10.9. The van der Waals surface area contributed by atoms with E-state index in [1.807, 2.05) is 30.5 Å². The molecule has 1 aromatic carbocycles. The Hall–Kier alpha value is -2.34. The minimum atomic E-state index is 0.247. The topological polar surface area (TPSA) is 63.7 Å². The second-order valence-corrected chi connectivity index (χ2v) is 4.26. The molecule has 0 fully saturated rings. The average Bonchev–Trinajstić information content (AvgIpc) is 2.46. The lowest BCUT2D eigenvalue weighted by molar-refractivity contribution is 0.378. The van der Waals surface area contributed by atoms with Gasteiger partial charge >= 0.3 is 0 Å². The maximum Gasteiger partial charge on any atom is 0.297 e. The monoisotopic (exact) mass is 270 g/mol. The number of aromatic amines is 1.